The van der Waals surface area contributed by atoms with Gasteiger partial charge in [0.25, 0.3) is 11.5 Å². The molecule has 0 spiro atoms. The van der Waals surface area contributed by atoms with E-state index in [-0.39, 0.29) is 29.6 Å². The number of halogens is 1. The molecular formula is C27H26FN7O4. The molecule has 5 aromatic rings. The molecule has 12 heteroatoms. The normalized spacial score (nSPS) is 11.9. The number of para-hydroxylation sites is 1. The lowest BCUT2D eigenvalue weighted by atomic mass is 10.2. The first-order valence-corrected chi connectivity index (χ1v) is 12.1. The van der Waals surface area contributed by atoms with Crippen molar-refractivity contribution in [1.29, 1.82) is 0 Å². The highest BCUT2D eigenvalue weighted by Crippen LogP contribution is 2.34. The van der Waals surface area contributed by atoms with Crippen LogP contribution in [0.2, 0.25) is 0 Å². The van der Waals surface area contributed by atoms with Gasteiger partial charge in [0.1, 0.15) is 16.7 Å². The molecule has 1 unspecified atom stereocenters. The van der Waals surface area contributed by atoms with Crippen LogP contribution in [0.25, 0.3) is 16.7 Å². The Balaban J connectivity index is 1.39. The number of nitrogens with one attached hydrogen (secondary N) is 3. The van der Waals surface area contributed by atoms with Crippen LogP contribution in [0.1, 0.15) is 23.0 Å². The Labute approximate surface area is 221 Å². The number of anilines is 2. The highest BCUT2D eigenvalue weighted by molar-refractivity contribution is 6.05. The Kier molecular flexibility index (Phi) is 6.86. The maximum atomic E-state index is 15.1. The van der Waals surface area contributed by atoms with Crippen LogP contribution in [0.3, 0.4) is 0 Å². The lowest BCUT2D eigenvalue weighted by molar-refractivity contribution is 0.102. The molecule has 3 aromatic heterocycles. The van der Waals surface area contributed by atoms with E-state index in [0.717, 1.165) is 6.07 Å². The number of hydrogen-bond acceptors (Lipinski definition) is 7. The van der Waals surface area contributed by atoms with E-state index in [4.69, 9.17) is 4.74 Å². The van der Waals surface area contributed by atoms with E-state index in [2.05, 4.69) is 25.8 Å². The number of H-pyrrole nitrogens is 1. The molecule has 4 N–H and O–H groups in total. The van der Waals surface area contributed by atoms with Crippen molar-refractivity contribution >= 4 is 28.4 Å². The summed E-state index contributed by atoms with van der Waals surface area (Å²) in [6, 6.07) is 14.2. The van der Waals surface area contributed by atoms with Crippen molar-refractivity contribution in [3.05, 3.63) is 88.2 Å². The summed E-state index contributed by atoms with van der Waals surface area (Å²) in [7, 11) is 1.69. The summed E-state index contributed by atoms with van der Waals surface area (Å²) in [5.74, 6) is -0.785. The third kappa shape index (κ3) is 4.84. The van der Waals surface area contributed by atoms with Crippen molar-refractivity contribution in [3.8, 4) is 17.2 Å². The molecule has 0 radical (unpaired) electrons. The fraction of sp³-hybridized carbons (Fsp3) is 0.185. The lowest BCUT2D eigenvalue weighted by Crippen LogP contribution is -2.25. The van der Waals surface area contributed by atoms with Crippen LogP contribution < -0.4 is 20.9 Å². The molecule has 0 saturated heterocycles. The highest BCUT2D eigenvalue weighted by atomic mass is 19.1. The van der Waals surface area contributed by atoms with Gasteiger partial charge in [-0.1, -0.05) is 18.2 Å². The number of aliphatic hydroxyl groups is 1. The first kappa shape index (κ1) is 25.7. The molecule has 0 aliphatic heterocycles. The molecular weight excluding hydrogens is 505 g/mol. The minimum Gasteiger partial charge on any atom is -0.453 e. The number of pyridine rings is 1. The average molecular weight is 532 g/mol. The second-order valence-electron chi connectivity index (χ2n) is 8.97. The van der Waals surface area contributed by atoms with Crippen LogP contribution >= 0.6 is 0 Å². The number of fused-ring (bicyclic) bond motifs is 1. The van der Waals surface area contributed by atoms with Crippen molar-refractivity contribution in [2.45, 2.75) is 19.9 Å². The molecule has 2 aromatic carbocycles. The van der Waals surface area contributed by atoms with Crippen LogP contribution in [0.15, 0.2) is 65.6 Å². The zero-order valence-electron chi connectivity index (χ0n) is 21.4. The minimum atomic E-state index is -0.731. The van der Waals surface area contributed by atoms with Gasteiger partial charge in [0.15, 0.2) is 23.0 Å². The number of aromatic amines is 1. The van der Waals surface area contributed by atoms with Crippen molar-refractivity contribution in [2.75, 3.05) is 17.2 Å². The van der Waals surface area contributed by atoms with Crippen molar-refractivity contribution < 1.29 is 19.0 Å². The van der Waals surface area contributed by atoms with E-state index in [9.17, 15) is 14.7 Å². The maximum absolute atomic E-state index is 15.1. The summed E-state index contributed by atoms with van der Waals surface area (Å²) in [5, 5.41) is 22.4. The summed E-state index contributed by atoms with van der Waals surface area (Å²) < 4.78 is 23.9. The van der Waals surface area contributed by atoms with Gasteiger partial charge in [-0.15, -0.1) is 0 Å². The van der Waals surface area contributed by atoms with Gasteiger partial charge in [0.05, 0.1) is 18.0 Å². The summed E-state index contributed by atoms with van der Waals surface area (Å²) in [6.45, 7) is 3.33. The molecule has 1 amide bonds. The van der Waals surface area contributed by atoms with Gasteiger partial charge >= 0.3 is 0 Å². The quantitative estimate of drug-likeness (QED) is 0.239. The number of hydrogen-bond donors (Lipinski definition) is 4. The second-order valence-corrected chi connectivity index (χ2v) is 8.97. The summed E-state index contributed by atoms with van der Waals surface area (Å²) in [4.78, 5) is 30.4. The van der Waals surface area contributed by atoms with Gasteiger partial charge in [0.2, 0.25) is 0 Å². The molecule has 0 aliphatic rings. The zero-order valence-corrected chi connectivity index (χ0v) is 21.4. The van der Waals surface area contributed by atoms with E-state index < -0.39 is 17.3 Å². The predicted octanol–water partition coefficient (Wildman–Crippen LogP) is 3.73. The predicted molar refractivity (Wildman–Crippen MR) is 144 cm³/mol. The van der Waals surface area contributed by atoms with E-state index in [0.29, 0.717) is 34.0 Å². The molecule has 39 heavy (non-hydrogen) atoms. The Morgan fingerprint density at radius 2 is 1.95 bits per heavy atom. The fourth-order valence-electron chi connectivity index (χ4n) is 4.19. The molecule has 0 saturated carbocycles. The summed E-state index contributed by atoms with van der Waals surface area (Å²) in [6.07, 6.45) is 1.49. The number of carbonyl (C=O) groups excluding carboxylic acids is 1. The van der Waals surface area contributed by atoms with E-state index in [1.165, 1.54) is 23.0 Å². The molecule has 5 rings (SSSR count). The van der Waals surface area contributed by atoms with Gasteiger partial charge in [-0.05, 0) is 38.1 Å². The first-order valence-electron chi connectivity index (χ1n) is 12.1. The van der Waals surface area contributed by atoms with Crippen LogP contribution in [0.5, 0.6) is 11.5 Å². The number of benzene rings is 2. The average Bonchev–Trinajstić information content (AvgIpc) is 3.43. The smallest absolute Gasteiger partial charge is 0.284 e. The number of ether oxygens (including phenoxy) is 1. The Morgan fingerprint density at radius 1 is 1.18 bits per heavy atom. The van der Waals surface area contributed by atoms with Crippen molar-refractivity contribution in [1.82, 2.24) is 24.5 Å². The fourth-order valence-corrected chi connectivity index (χ4v) is 4.19. The van der Waals surface area contributed by atoms with Crippen LogP contribution in [-0.2, 0) is 7.05 Å². The number of amides is 1. The SMILES string of the molecule is Cc1c(C(=O)Nc2ccc(Oc3ccnc4[nH]nc(NC(C)CO)c34)c(F)c2)c(=O)n(-c2ccccc2)n1C. The Hall–Kier alpha value is -4.97. The number of aliphatic hydroxyl groups excluding tert-OH is 1. The molecule has 0 fully saturated rings. The van der Waals surface area contributed by atoms with E-state index in [1.807, 2.05) is 6.07 Å². The maximum Gasteiger partial charge on any atom is 0.284 e. The number of carbonyl (C=O) groups is 1. The Morgan fingerprint density at radius 3 is 2.67 bits per heavy atom. The summed E-state index contributed by atoms with van der Waals surface area (Å²) in [5.41, 5.74) is 1.12. The van der Waals surface area contributed by atoms with E-state index >= 15 is 4.39 Å². The number of aromatic nitrogens is 5. The topological polar surface area (TPSA) is 139 Å². The minimum absolute atomic E-state index is 0.0432. The van der Waals surface area contributed by atoms with Gasteiger partial charge < -0.3 is 20.5 Å². The summed E-state index contributed by atoms with van der Waals surface area (Å²) >= 11 is 0. The molecule has 11 nitrogen and oxygen atoms in total. The molecule has 200 valence electrons. The van der Waals surface area contributed by atoms with Gasteiger partial charge in [-0.2, -0.15) is 5.10 Å². The van der Waals surface area contributed by atoms with Crippen LogP contribution in [0, 0.1) is 12.7 Å². The van der Waals surface area contributed by atoms with Gasteiger partial charge in [-0.25, -0.2) is 14.1 Å². The molecule has 1 atom stereocenters. The highest BCUT2D eigenvalue weighted by Gasteiger charge is 2.23. The van der Waals surface area contributed by atoms with Crippen molar-refractivity contribution in [2.24, 2.45) is 7.05 Å². The Bertz CT molecular complexity index is 1730. The number of nitrogens with zero attached hydrogens (tertiary/aromatic N) is 4. The zero-order chi connectivity index (χ0) is 27.7. The molecule has 3 heterocycles. The first-order chi connectivity index (χ1) is 18.8. The van der Waals surface area contributed by atoms with E-state index in [1.54, 1.807) is 55.9 Å². The van der Waals surface area contributed by atoms with Gasteiger partial charge in [-0.3, -0.25) is 19.4 Å². The monoisotopic (exact) mass is 531 g/mol. The lowest BCUT2D eigenvalue weighted by Gasteiger charge is -2.12. The van der Waals surface area contributed by atoms with Crippen LogP contribution in [-0.4, -0.2) is 48.2 Å². The van der Waals surface area contributed by atoms with Crippen molar-refractivity contribution in [3.63, 3.8) is 0 Å². The van der Waals surface area contributed by atoms with Gasteiger partial charge in [0, 0.05) is 37.1 Å². The standard InChI is InChI=1S/C27H26FN7O4/c1-15(14-36)30-25-23-21(11-12-29-24(23)32-33-25)39-20-10-9-17(13-19(20)28)31-26(37)22-16(2)34(3)35(27(22)38)18-7-5-4-6-8-18/h4-13,15,36H,14H2,1-3H3,(H,31,37)(H2,29,30,32,33). The third-order valence-corrected chi connectivity index (χ3v) is 6.27. The van der Waals surface area contributed by atoms with Crippen LogP contribution in [0.4, 0.5) is 15.9 Å². The third-order valence-electron chi connectivity index (χ3n) is 6.27. The largest absolute Gasteiger partial charge is 0.453 e. The second kappa shape index (κ2) is 10.4. The number of rotatable bonds is 8. The molecule has 0 bridgehead atoms. The molecule has 0 aliphatic carbocycles.